The van der Waals surface area contributed by atoms with Crippen LogP contribution >= 0.6 is 0 Å². The molecule has 25 heavy (non-hydrogen) atoms. The third-order valence-electron chi connectivity index (χ3n) is 5.99. The Morgan fingerprint density at radius 1 is 1.16 bits per heavy atom. The van der Waals surface area contributed by atoms with E-state index in [1.54, 1.807) is 6.20 Å². The lowest BCUT2D eigenvalue weighted by Gasteiger charge is -2.37. The van der Waals surface area contributed by atoms with Crippen LogP contribution in [0.15, 0.2) is 12.4 Å². The van der Waals surface area contributed by atoms with Gasteiger partial charge in [0.25, 0.3) is 0 Å². The van der Waals surface area contributed by atoms with Crippen molar-refractivity contribution < 1.29 is 14.6 Å². The molecule has 3 atom stereocenters. The predicted octanol–water partition coefficient (Wildman–Crippen LogP) is 2.41. The van der Waals surface area contributed by atoms with Crippen molar-refractivity contribution in [3.63, 3.8) is 0 Å². The summed E-state index contributed by atoms with van der Waals surface area (Å²) in [4.78, 5) is 11.3. The maximum absolute atomic E-state index is 10.4. The van der Waals surface area contributed by atoms with Gasteiger partial charge in [0.2, 0.25) is 5.88 Å². The molecule has 0 unspecified atom stereocenters. The normalized spacial score (nSPS) is 30.8. The average molecular weight is 347 g/mol. The first-order valence-corrected chi connectivity index (χ1v) is 9.78. The van der Waals surface area contributed by atoms with Crippen LogP contribution in [0.4, 0.5) is 5.82 Å². The summed E-state index contributed by atoms with van der Waals surface area (Å²) in [6.45, 7) is 2.99. The summed E-state index contributed by atoms with van der Waals surface area (Å²) in [5.41, 5.74) is 0. The number of hydrogen-bond donors (Lipinski definition) is 1. The molecule has 6 nitrogen and oxygen atoms in total. The van der Waals surface area contributed by atoms with E-state index in [9.17, 15) is 5.11 Å². The van der Waals surface area contributed by atoms with E-state index in [1.165, 1.54) is 25.7 Å². The fourth-order valence-electron chi connectivity index (χ4n) is 4.56. The smallest absolute Gasteiger partial charge is 0.234 e. The molecular formula is C19H29N3O3. The first-order valence-electron chi connectivity index (χ1n) is 9.78. The lowest BCUT2D eigenvalue weighted by molar-refractivity contribution is -0.0438. The van der Waals surface area contributed by atoms with Crippen molar-refractivity contribution in [2.45, 2.75) is 57.1 Å². The van der Waals surface area contributed by atoms with Gasteiger partial charge in [-0.05, 0) is 38.0 Å². The number of ether oxygens (including phenoxy) is 2. The van der Waals surface area contributed by atoms with Gasteiger partial charge in [0.05, 0.1) is 31.7 Å². The molecule has 1 saturated carbocycles. The SMILES string of the molecule is O[C@@H]1CCOC[C@@H]1[C@H]1CCCN1c1cncc(OCC2CCCC2)n1. The third kappa shape index (κ3) is 3.90. The van der Waals surface area contributed by atoms with Gasteiger partial charge < -0.3 is 19.5 Å². The van der Waals surface area contributed by atoms with E-state index >= 15 is 0 Å². The molecule has 6 heteroatoms. The van der Waals surface area contributed by atoms with Crippen LogP contribution in [0.3, 0.4) is 0 Å². The Bertz CT molecular complexity index is 565. The second kappa shape index (κ2) is 7.87. The van der Waals surface area contributed by atoms with Crippen LogP contribution in [0.1, 0.15) is 44.9 Å². The molecule has 4 rings (SSSR count). The zero-order chi connectivity index (χ0) is 17.1. The van der Waals surface area contributed by atoms with Crippen LogP contribution in [0, 0.1) is 11.8 Å². The Morgan fingerprint density at radius 2 is 2.04 bits per heavy atom. The largest absolute Gasteiger partial charge is 0.476 e. The number of anilines is 1. The summed E-state index contributed by atoms with van der Waals surface area (Å²) in [6.07, 6.45) is 11.3. The molecule has 0 aromatic carbocycles. The van der Waals surface area contributed by atoms with E-state index in [2.05, 4.69) is 9.88 Å². The first kappa shape index (κ1) is 17.0. The third-order valence-corrected chi connectivity index (χ3v) is 5.99. The molecule has 0 spiro atoms. The molecule has 138 valence electrons. The van der Waals surface area contributed by atoms with Crippen LogP contribution in [0.25, 0.3) is 0 Å². The summed E-state index contributed by atoms with van der Waals surface area (Å²) in [6, 6.07) is 0.273. The average Bonchev–Trinajstić information content (AvgIpc) is 3.32. The molecule has 1 aromatic rings. The minimum Gasteiger partial charge on any atom is -0.476 e. The van der Waals surface area contributed by atoms with E-state index < -0.39 is 0 Å². The zero-order valence-electron chi connectivity index (χ0n) is 14.8. The van der Waals surface area contributed by atoms with Crippen molar-refractivity contribution in [2.75, 3.05) is 31.3 Å². The summed E-state index contributed by atoms with van der Waals surface area (Å²) in [5.74, 6) is 2.31. The van der Waals surface area contributed by atoms with Crippen LogP contribution < -0.4 is 9.64 Å². The van der Waals surface area contributed by atoms with Gasteiger partial charge in [0, 0.05) is 25.1 Å². The standard InChI is InChI=1S/C19H29N3O3/c23-17-7-9-24-13-15(17)16-6-3-8-22(16)18-10-20-11-19(21-18)25-12-14-4-1-2-5-14/h10-11,14-17,23H,1-9,12-13H2/t15-,16-,17-/m1/s1. The zero-order valence-corrected chi connectivity index (χ0v) is 14.8. The van der Waals surface area contributed by atoms with Gasteiger partial charge in [-0.25, -0.2) is 0 Å². The van der Waals surface area contributed by atoms with Gasteiger partial charge in [-0.2, -0.15) is 4.98 Å². The Labute approximate surface area is 149 Å². The molecule has 1 aliphatic carbocycles. The lowest BCUT2D eigenvalue weighted by Crippen LogP contribution is -2.46. The molecule has 0 amide bonds. The van der Waals surface area contributed by atoms with E-state index in [0.717, 1.165) is 38.2 Å². The molecule has 2 saturated heterocycles. The fraction of sp³-hybridized carbons (Fsp3) is 0.789. The number of rotatable bonds is 5. The Balaban J connectivity index is 1.43. The van der Waals surface area contributed by atoms with Crippen LogP contribution in [-0.2, 0) is 4.74 Å². The number of nitrogens with zero attached hydrogens (tertiary/aromatic N) is 3. The highest BCUT2D eigenvalue weighted by Crippen LogP contribution is 2.33. The Morgan fingerprint density at radius 3 is 2.88 bits per heavy atom. The molecule has 0 radical (unpaired) electrons. The number of aliphatic hydroxyl groups is 1. The van der Waals surface area contributed by atoms with E-state index in [-0.39, 0.29) is 18.1 Å². The first-order chi connectivity index (χ1) is 12.3. The van der Waals surface area contributed by atoms with E-state index in [1.807, 2.05) is 6.20 Å². The Kier molecular flexibility index (Phi) is 5.36. The van der Waals surface area contributed by atoms with Gasteiger partial charge in [-0.15, -0.1) is 0 Å². The van der Waals surface area contributed by atoms with Crippen molar-refractivity contribution in [2.24, 2.45) is 11.8 Å². The number of aliphatic hydroxyl groups excluding tert-OH is 1. The van der Waals surface area contributed by atoms with Gasteiger partial charge in [0.1, 0.15) is 0 Å². The predicted molar refractivity (Wildman–Crippen MR) is 94.8 cm³/mol. The van der Waals surface area contributed by atoms with E-state index in [4.69, 9.17) is 14.5 Å². The van der Waals surface area contributed by atoms with Crippen molar-refractivity contribution >= 4 is 5.82 Å². The number of aromatic nitrogens is 2. The van der Waals surface area contributed by atoms with Crippen molar-refractivity contribution in [3.8, 4) is 5.88 Å². The Hall–Kier alpha value is -1.40. The van der Waals surface area contributed by atoms with Crippen molar-refractivity contribution in [3.05, 3.63) is 12.4 Å². The topological polar surface area (TPSA) is 67.7 Å². The van der Waals surface area contributed by atoms with Crippen molar-refractivity contribution in [1.82, 2.24) is 9.97 Å². The van der Waals surface area contributed by atoms with Crippen molar-refractivity contribution in [1.29, 1.82) is 0 Å². The summed E-state index contributed by atoms with van der Waals surface area (Å²) < 4.78 is 11.5. The molecule has 0 bridgehead atoms. The van der Waals surface area contributed by atoms with Gasteiger partial charge in [-0.3, -0.25) is 4.98 Å². The summed E-state index contributed by atoms with van der Waals surface area (Å²) >= 11 is 0. The highest BCUT2D eigenvalue weighted by atomic mass is 16.5. The maximum atomic E-state index is 10.4. The minimum atomic E-state index is -0.283. The second-order valence-electron chi connectivity index (χ2n) is 7.67. The maximum Gasteiger partial charge on any atom is 0.234 e. The van der Waals surface area contributed by atoms with Crippen LogP contribution in [-0.4, -0.2) is 53.6 Å². The minimum absolute atomic E-state index is 0.154. The lowest BCUT2D eigenvalue weighted by atomic mass is 9.89. The van der Waals surface area contributed by atoms with E-state index in [0.29, 0.717) is 25.0 Å². The monoisotopic (exact) mass is 347 g/mol. The fourth-order valence-corrected chi connectivity index (χ4v) is 4.56. The van der Waals surface area contributed by atoms with Gasteiger partial charge in [-0.1, -0.05) is 12.8 Å². The molecule has 1 N–H and O–H groups in total. The molecule has 3 heterocycles. The molecule has 3 aliphatic rings. The summed E-state index contributed by atoms with van der Waals surface area (Å²) in [7, 11) is 0. The summed E-state index contributed by atoms with van der Waals surface area (Å²) in [5, 5.41) is 10.4. The highest BCUT2D eigenvalue weighted by Gasteiger charge is 2.38. The molecule has 1 aromatic heterocycles. The quantitative estimate of drug-likeness (QED) is 0.882. The molecular weight excluding hydrogens is 318 g/mol. The highest BCUT2D eigenvalue weighted by molar-refractivity contribution is 5.41. The van der Waals surface area contributed by atoms with Gasteiger partial charge in [0.15, 0.2) is 5.82 Å². The van der Waals surface area contributed by atoms with Crippen LogP contribution in [0.5, 0.6) is 5.88 Å². The number of hydrogen-bond acceptors (Lipinski definition) is 6. The van der Waals surface area contributed by atoms with Crippen LogP contribution in [0.2, 0.25) is 0 Å². The second-order valence-corrected chi connectivity index (χ2v) is 7.67. The molecule has 2 aliphatic heterocycles. The van der Waals surface area contributed by atoms with Gasteiger partial charge >= 0.3 is 0 Å². The molecule has 3 fully saturated rings.